The minimum absolute atomic E-state index is 0.153. The number of rotatable bonds is 7. The Balaban J connectivity index is 1.84. The van der Waals surface area contributed by atoms with Gasteiger partial charge in [-0.1, -0.05) is 84.6 Å². The van der Waals surface area contributed by atoms with Crippen molar-refractivity contribution in [2.45, 2.75) is 130 Å². The molecule has 0 amide bonds. The van der Waals surface area contributed by atoms with Crippen LogP contribution in [0.25, 0.3) is 22.7 Å². The maximum absolute atomic E-state index is 5.92. The summed E-state index contributed by atoms with van der Waals surface area (Å²) in [6.07, 6.45) is 0. The SMILES string of the molecule is Cc1cc(C)c(-n2c(C)c(C)n(-c3c(C)cc(C)cc3C)c2=NP(N=c2n(-c3c(C)cc(C)cc3C)c(C)c(C)n2-c2c(C)cc(C)cc2C)C(C)C)c(C)c1. The highest BCUT2D eigenvalue weighted by Crippen LogP contribution is 2.44. The van der Waals surface area contributed by atoms with Crippen LogP contribution in [0, 0.1) is 111 Å². The monoisotopic (exact) mass is 766 g/mol. The zero-order valence-electron chi connectivity index (χ0n) is 37.3. The van der Waals surface area contributed by atoms with E-state index < -0.39 is 8.22 Å². The van der Waals surface area contributed by atoms with Crippen molar-refractivity contribution in [2.75, 3.05) is 0 Å². The van der Waals surface area contributed by atoms with Gasteiger partial charge in [0.15, 0.2) is 0 Å². The number of aryl methyl sites for hydroxylation is 12. The first-order valence-electron chi connectivity index (χ1n) is 20.1. The van der Waals surface area contributed by atoms with Crippen molar-refractivity contribution in [1.29, 1.82) is 0 Å². The molecule has 0 saturated heterocycles. The second-order valence-electron chi connectivity index (χ2n) is 16.9. The second kappa shape index (κ2) is 15.3. The average Bonchev–Trinajstić information content (AvgIpc) is 3.43. The van der Waals surface area contributed by atoms with Gasteiger partial charge in [0.1, 0.15) is 8.22 Å². The molecule has 2 aromatic heterocycles. The topological polar surface area (TPSA) is 44.4 Å². The van der Waals surface area contributed by atoms with E-state index in [-0.39, 0.29) is 5.66 Å². The number of benzene rings is 4. The predicted molar refractivity (Wildman–Crippen MR) is 239 cm³/mol. The summed E-state index contributed by atoms with van der Waals surface area (Å²) in [7, 11) is -1.33. The maximum atomic E-state index is 5.92. The molecule has 0 fully saturated rings. The first-order chi connectivity index (χ1) is 26.2. The molecular formula is C49H63N6P. The van der Waals surface area contributed by atoms with Gasteiger partial charge in [-0.2, -0.15) is 0 Å². The number of imidazole rings is 2. The highest BCUT2D eigenvalue weighted by atomic mass is 31.1. The van der Waals surface area contributed by atoms with Crippen LogP contribution < -0.4 is 11.2 Å². The van der Waals surface area contributed by atoms with Crippen LogP contribution in [0.15, 0.2) is 58.1 Å². The third-order valence-electron chi connectivity index (χ3n) is 11.5. The van der Waals surface area contributed by atoms with E-state index in [1.807, 2.05) is 0 Å². The first kappa shape index (κ1) is 41.0. The van der Waals surface area contributed by atoms with Crippen molar-refractivity contribution < 1.29 is 0 Å². The highest BCUT2D eigenvalue weighted by Gasteiger charge is 2.25. The molecule has 6 rings (SSSR count). The van der Waals surface area contributed by atoms with E-state index >= 15 is 0 Å². The number of hydrogen-bond acceptors (Lipinski definition) is 2. The smallest absolute Gasteiger partial charge is 0.220 e. The van der Waals surface area contributed by atoms with Gasteiger partial charge in [-0.3, -0.25) is 18.3 Å². The Morgan fingerprint density at radius 2 is 0.518 bits per heavy atom. The summed E-state index contributed by atoms with van der Waals surface area (Å²) in [5.41, 5.74) is 26.4. The molecule has 294 valence electrons. The van der Waals surface area contributed by atoms with Crippen molar-refractivity contribution in [3.63, 3.8) is 0 Å². The van der Waals surface area contributed by atoms with Crippen LogP contribution >= 0.6 is 8.22 Å². The van der Waals surface area contributed by atoms with Crippen molar-refractivity contribution in [3.05, 3.63) is 149 Å². The molecule has 0 saturated carbocycles. The Morgan fingerprint density at radius 1 is 0.339 bits per heavy atom. The van der Waals surface area contributed by atoms with Gasteiger partial charge in [-0.25, -0.2) is 9.53 Å². The van der Waals surface area contributed by atoms with Gasteiger partial charge >= 0.3 is 0 Å². The van der Waals surface area contributed by atoms with Crippen LogP contribution in [-0.2, 0) is 0 Å². The third-order valence-corrected chi connectivity index (χ3v) is 13.2. The average molecular weight is 767 g/mol. The fourth-order valence-corrected chi connectivity index (χ4v) is 10.5. The molecule has 0 atom stereocenters. The van der Waals surface area contributed by atoms with Crippen LogP contribution in [0.5, 0.6) is 0 Å². The maximum Gasteiger partial charge on any atom is 0.220 e. The van der Waals surface area contributed by atoms with Crippen molar-refractivity contribution in [2.24, 2.45) is 9.53 Å². The molecule has 0 unspecified atom stereocenters. The Labute approximate surface area is 337 Å². The number of nitrogens with zero attached hydrogens (tertiary/aromatic N) is 6. The lowest BCUT2D eigenvalue weighted by molar-refractivity contribution is 0.829. The molecule has 2 heterocycles. The summed E-state index contributed by atoms with van der Waals surface area (Å²) >= 11 is 0. The predicted octanol–water partition coefficient (Wildman–Crippen LogP) is 12.0. The molecule has 0 aliphatic carbocycles. The quantitative estimate of drug-likeness (QED) is 0.145. The molecule has 0 aliphatic heterocycles. The second-order valence-corrected chi connectivity index (χ2v) is 19.0. The van der Waals surface area contributed by atoms with Crippen molar-refractivity contribution in [1.82, 2.24) is 18.3 Å². The van der Waals surface area contributed by atoms with Crippen molar-refractivity contribution in [3.8, 4) is 22.7 Å². The van der Waals surface area contributed by atoms with Gasteiger partial charge in [0.2, 0.25) is 11.2 Å². The van der Waals surface area contributed by atoms with E-state index in [1.54, 1.807) is 0 Å². The lowest BCUT2D eigenvalue weighted by Gasteiger charge is -2.19. The highest BCUT2D eigenvalue weighted by molar-refractivity contribution is 7.55. The van der Waals surface area contributed by atoms with E-state index in [1.165, 1.54) is 112 Å². The standard InChI is InChI=1S/C49H63N6P/c1-27(2)56(50-48-52(44-32(7)19-28(3)20-33(44)8)40(15)41(16)53(48)45-34(9)21-29(4)22-35(45)10)51-49-54(46-36(11)23-30(5)24-37(46)12)42(17)43(18)55(49)47-38(13)25-31(6)26-39(47)14/h19-27H,1-18H3. The van der Waals surface area contributed by atoms with Gasteiger partial charge in [0.25, 0.3) is 0 Å². The van der Waals surface area contributed by atoms with Crippen molar-refractivity contribution >= 4 is 8.22 Å². The molecule has 6 aromatic rings. The summed E-state index contributed by atoms with van der Waals surface area (Å²) in [6.45, 7) is 40.1. The number of aromatic nitrogens is 4. The van der Waals surface area contributed by atoms with Gasteiger partial charge in [0.05, 0.1) is 22.7 Å². The van der Waals surface area contributed by atoms with Crippen LogP contribution in [0.3, 0.4) is 0 Å². The van der Waals surface area contributed by atoms with Crippen LogP contribution in [0.4, 0.5) is 0 Å². The minimum Gasteiger partial charge on any atom is -0.282 e. The van der Waals surface area contributed by atoms with Gasteiger partial charge < -0.3 is 0 Å². The van der Waals surface area contributed by atoms with E-state index in [0.717, 1.165) is 11.2 Å². The third kappa shape index (κ3) is 7.11. The van der Waals surface area contributed by atoms with Gasteiger partial charge in [-0.05, 0) is 155 Å². The van der Waals surface area contributed by atoms with E-state index in [4.69, 9.17) is 9.53 Å². The molecule has 56 heavy (non-hydrogen) atoms. The van der Waals surface area contributed by atoms with Crippen LogP contribution in [-0.4, -0.2) is 23.9 Å². The molecule has 0 bridgehead atoms. The zero-order chi connectivity index (χ0) is 41.2. The number of hydrogen-bond donors (Lipinski definition) is 0. The zero-order valence-corrected chi connectivity index (χ0v) is 38.2. The van der Waals surface area contributed by atoms with E-state index in [2.05, 4.69) is 191 Å². The van der Waals surface area contributed by atoms with Gasteiger partial charge in [0, 0.05) is 28.4 Å². The molecule has 0 spiro atoms. The molecule has 0 radical (unpaired) electrons. The van der Waals surface area contributed by atoms with Gasteiger partial charge in [-0.15, -0.1) is 0 Å². The summed E-state index contributed by atoms with van der Waals surface area (Å²) in [4.78, 5) is 0. The molecule has 7 heteroatoms. The largest absolute Gasteiger partial charge is 0.282 e. The Morgan fingerprint density at radius 3 is 0.679 bits per heavy atom. The minimum atomic E-state index is -1.33. The lowest BCUT2D eigenvalue weighted by Crippen LogP contribution is -2.29. The summed E-state index contributed by atoms with van der Waals surface area (Å²) < 4.78 is 21.5. The fraction of sp³-hybridized carbons (Fsp3) is 0.388. The summed E-state index contributed by atoms with van der Waals surface area (Å²) in [5, 5.41) is 0. The van der Waals surface area contributed by atoms with Crippen LogP contribution in [0.1, 0.15) is 103 Å². The summed E-state index contributed by atoms with van der Waals surface area (Å²) in [6, 6.07) is 18.4. The van der Waals surface area contributed by atoms with E-state index in [0.29, 0.717) is 0 Å². The summed E-state index contributed by atoms with van der Waals surface area (Å²) in [5.74, 6) is 0. The Kier molecular flexibility index (Phi) is 11.2. The Hall–Kier alpha value is -4.67. The molecule has 6 nitrogen and oxygen atoms in total. The first-order valence-corrected chi connectivity index (χ1v) is 21.4. The molecular weight excluding hydrogens is 704 g/mol. The molecule has 0 N–H and O–H groups in total. The molecule has 4 aromatic carbocycles. The molecule has 0 aliphatic rings. The lowest BCUT2D eigenvalue weighted by atomic mass is 10.0. The van der Waals surface area contributed by atoms with E-state index in [9.17, 15) is 0 Å². The normalized spacial score (nSPS) is 11.7. The fourth-order valence-electron chi connectivity index (χ4n) is 9.23. The van der Waals surface area contributed by atoms with Crippen LogP contribution in [0.2, 0.25) is 0 Å². The Bertz CT molecular complexity index is 2240.